The van der Waals surface area contributed by atoms with Crippen molar-refractivity contribution in [1.29, 1.82) is 0 Å². The van der Waals surface area contributed by atoms with Crippen LogP contribution in [0, 0.1) is 0 Å². The van der Waals surface area contributed by atoms with Crippen LogP contribution in [0.5, 0.6) is 0 Å². The average Bonchev–Trinajstić information content (AvgIpc) is 2.34. The van der Waals surface area contributed by atoms with Gasteiger partial charge in [-0.1, -0.05) is 0 Å². The third-order valence-electron chi connectivity index (χ3n) is 2.57. The number of carbonyl (C=O) groups excluding carboxylic acids is 2. The van der Waals surface area contributed by atoms with Crippen LogP contribution in [0.4, 0.5) is 0 Å². The van der Waals surface area contributed by atoms with E-state index in [2.05, 4.69) is 10.6 Å². The largest absolute Gasteiger partial charge is 0.480 e. The summed E-state index contributed by atoms with van der Waals surface area (Å²) in [6.45, 7) is 2.65. The van der Waals surface area contributed by atoms with Crippen molar-refractivity contribution < 1.29 is 29.4 Å². The van der Waals surface area contributed by atoms with Gasteiger partial charge in [0.2, 0.25) is 11.6 Å². The molecule has 8 nitrogen and oxygen atoms in total. The van der Waals surface area contributed by atoms with E-state index in [0.29, 0.717) is 0 Å². The second kappa shape index (κ2) is 6.00. The number of carboxylic acids is 2. The zero-order chi connectivity index (χ0) is 15.4. The van der Waals surface area contributed by atoms with E-state index in [1.165, 1.54) is 13.8 Å². The van der Waals surface area contributed by atoms with Crippen LogP contribution >= 0.6 is 0 Å². The average molecular weight is 282 g/mol. The number of carboxylic acid groups (broad SMARTS) is 2. The number of hydrogen-bond donors (Lipinski definition) is 4. The Morgan fingerprint density at radius 1 is 0.900 bits per heavy atom. The Balaban J connectivity index is 2.81. The molecule has 0 amide bonds. The van der Waals surface area contributed by atoms with Gasteiger partial charge in [0.05, 0.1) is 11.4 Å². The van der Waals surface area contributed by atoms with Gasteiger partial charge in [0.25, 0.3) is 0 Å². The first kappa shape index (κ1) is 15.4. The van der Waals surface area contributed by atoms with Crippen molar-refractivity contribution in [3.8, 4) is 0 Å². The van der Waals surface area contributed by atoms with E-state index in [1.807, 2.05) is 0 Å². The van der Waals surface area contributed by atoms with Crippen LogP contribution in [-0.4, -0.2) is 45.8 Å². The van der Waals surface area contributed by atoms with E-state index in [-0.39, 0.29) is 11.4 Å². The Morgan fingerprint density at radius 2 is 1.20 bits per heavy atom. The molecule has 1 aliphatic carbocycles. The number of nitrogens with one attached hydrogen (secondary N) is 2. The molecular weight excluding hydrogens is 268 g/mol. The van der Waals surface area contributed by atoms with Gasteiger partial charge in [0.1, 0.15) is 12.1 Å². The summed E-state index contributed by atoms with van der Waals surface area (Å²) in [7, 11) is 0. The fourth-order valence-corrected chi connectivity index (χ4v) is 1.38. The first-order valence-corrected chi connectivity index (χ1v) is 5.73. The van der Waals surface area contributed by atoms with E-state index in [1.54, 1.807) is 0 Å². The molecule has 1 rings (SSSR count). The predicted octanol–water partition coefficient (Wildman–Crippen LogP) is -0.969. The minimum Gasteiger partial charge on any atom is -0.480 e. The van der Waals surface area contributed by atoms with Crippen LogP contribution in [0.15, 0.2) is 23.5 Å². The van der Waals surface area contributed by atoms with Crippen LogP contribution < -0.4 is 10.6 Å². The van der Waals surface area contributed by atoms with E-state index in [4.69, 9.17) is 10.2 Å². The number of hydrogen-bond acceptors (Lipinski definition) is 6. The lowest BCUT2D eigenvalue weighted by atomic mass is 10.0. The molecule has 0 saturated carbocycles. The number of ketones is 2. The summed E-state index contributed by atoms with van der Waals surface area (Å²) in [6, 6.07) is -2.06. The molecule has 0 saturated heterocycles. The normalized spacial score (nSPS) is 17.7. The minimum atomic E-state index is -1.17. The van der Waals surface area contributed by atoms with E-state index in [0.717, 1.165) is 12.2 Å². The van der Waals surface area contributed by atoms with E-state index >= 15 is 0 Å². The zero-order valence-electron chi connectivity index (χ0n) is 10.8. The van der Waals surface area contributed by atoms with Gasteiger partial charge in [-0.15, -0.1) is 0 Å². The van der Waals surface area contributed by atoms with Crippen molar-refractivity contribution in [1.82, 2.24) is 10.6 Å². The van der Waals surface area contributed by atoms with Gasteiger partial charge in [-0.25, -0.2) is 0 Å². The van der Waals surface area contributed by atoms with Crippen molar-refractivity contribution in [3.05, 3.63) is 23.5 Å². The van der Waals surface area contributed by atoms with Gasteiger partial charge >= 0.3 is 11.9 Å². The topological polar surface area (TPSA) is 133 Å². The summed E-state index contributed by atoms with van der Waals surface area (Å²) in [4.78, 5) is 44.8. The van der Waals surface area contributed by atoms with Crippen molar-refractivity contribution in [2.45, 2.75) is 25.9 Å². The fourth-order valence-electron chi connectivity index (χ4n) is 1.38. The maximum atomic E-state index is 11.7. The molecule has 0 aromatic heterocycles. The maximum absolute atomic E-state index is 11.7. The molecule has 0 heterocycles. The summed E-state index contributed by atoms with van der Waals surface area (Å²) < 4.78 is 0. The van der Waals surface area contributed by atoms with Gasteiger partial charge in [-0.2, -0.15) is 0 Å². The first-order valence-electron chi connectivity index (χ1n) is 5.73. The van der Waals surface area contributed by atoms with E-state index in [9.17, 15) is 19.2 Å². The molecule has 0 aliphatic heterocycles. The molecule has 0 bridgehead atoms. The molecule has 108 valence electrons. The molecule has 8 heteroatoms. The number of rotatable bonds is 6. The lowest BCUT2D eigenvalue weighted by molar-refractivity contribution is -0.139. The SMILES string of the molecule is C[C@H](NC1=CC(=O)C(N[C@@H](C)C(=O)O)=CC1=O)C(=O)O. The number of aliphatic carboxylic acids is 2. The zero-order valence-corrected chi connectivity index (χ0v) is 10.8. The molecule has 4 N–H and O–H groups in total. The predicted molar refractivity (Wildman–Crippen MR) is 66.6 cm³/mol. The molecule has 0 aromatic rings. The Kier molecular flexibility index (Phi) is 4.63. The smallest absolute Gasteiger partial charge is 0.325 e. The van der Waals surface area contributed by atoms with Crippen LogP contribution in [0.3, 0.4) is 0 Å². The standard InChI is InChI=1S/C12H14N2O6/c1-5(11(17)18)13-7-3-10(16)8(4-9(7)15)14-6(2)12(19)20/h3-6,13-14H,1-2H3,(H,17,18)(H,19,20)/t5-,6-/m0/s1. The molecule has 0 aromatic carbocycles. The Hall–Kier alpha value is -2.64. The number of allylic oxidation sites excluding steroid dienone is 2. The second-order valence-electron chi connectivity index (χ2n) is 4.25. The summed E-state index contributed by atoms with van der Waals surface area (Å²) >= 11 is 0. The highest BCUT2D eigenvalue weighted by atomic mass is 16.4. The summed E-state index contributed by atoms with van der Waals surface area (Å²) in [5.74, 6) is -3.53. The van der Waals surface area contributed by atoms with Crippen LogP contribution in [0.1, 0.15) is 13.8 Å². The van der Waals surface area contributed by atoms with Crippen LogP contribution in [0.2, 0.25) is 0 Å². The monoisotopic (exact) mass is 282 g/mol. The molecule has 0 radical (unpaired) electrons. The minimum absolute atomic E-state index is 0.140. The molecule has 0 spiro atoms. The highest BCUT2D eigenvalue weighted by Gasteiger charge is 2.24. The van der Waals surface area contributed by atoms with E-state index < -0.39 is 35.6 Å². The number of carbonyl (C=O) groups is 4. The lowest BCUT2D eigenvalue weighted by Gasteiger charge is -2.18. The second-order valence-corrected chi connectivity index (χ2v) is 4.25. The highest BCUT2D eigenvalue weighted by molar-refractivity contribution is 6.19. The van der Waals surface area contributed by atoms with Gasteiger partial charge < -0.3 is 20.8 Å². The fraction of sp³-hybridized carbons (Fsp3) is 0.333. The van der Waals surface area contributed by atoms with Gasteiger partial charge in [0.15, 0.2) is 0 Å². The lowest BCUT2D eigenvalue weighted by Crippen LogP contribution is -2.40. The summed E-state index contributed by atoms with van der Waals surface area (Å²) in [6.07, 6.45) is 1.89. The Morgan fingerprint density at radius 3 is 1.45 bits per heavy atom. The Bertz CT molecular complexity index is 486. The van der Waals surface area contributed by atoms with Gasteiger partial charge in [-0.3, -0.25) is 19.2 Å². The van der Waals surface area contributed by atoms with Crippen LogP contribution in [0.25, 0.3) is 0 Å². The molecular formula is C12H14N2O6. The molecule has 20 heavy (non-hydrogen) atoms. The van der Waals surface area contributed by atoms with Crippen molar-refractivity contribution in [3.63, 3.8) is 0 Å². The third kappa shape index (κ3) is 3.67. The Labute approximate surface area is 114 Å². The van der Waals surface area contributed by atoms with Gasteiger partial charge in [0, 0.05) is 12.2 Å². The van der Waals surface area contributed by atoms with Crippen molar-refractivity contribution in [2.75, 3.05) is 0 Å². The quantitative estimate of drug-likeness (QED) is 0.457. The molecule has 0 fully saturated rings. The van der Waals surface area contributed by atoms with Crippen molar-refractivity contribution in [2.24, 2.45) is 0 Å². The highest BCUT2D eigenvalue weighted by Crippen LogP contribution is 2.09. The molecule has 0 unspecified atom stereocenters. The summed E-state index contributed by atoms with van der Waals surface area (Å²) in [5.41, 5.74) is -0.281. The third-order valence-corrected chi connectivity index (χ3v) is 2.57. The maximum Gasteiger partial charge on any atom is 0.325 e. The molecule has 1 aliphatic rings. The van der Waals surface area contributed by atoms with Crippen molar-refractivity contribution >= 4 is 23.5 Å². The molecule has 2 atom stereocenters. The van der Waals surface area contributed by atoms with Crippen LogP contribution in [-0.2, 0) is 19.2 Å². The first-order chi connectivity index (χ1) is 9.22. The van der Waals surface area contributed by atoms with Gasteiger partial charge in [-0.05, 0) is 13.8 Å². The summed E-state index contributed by atoms with van der Waals surface area (Å²) in [5, 5.41) is 22.2.